The molecule has 1 aliphatic heterocycles. The number of rotatable bonds is 5. The van der Waals surface area contributed by atoms with Crippen molar-refractivity contribution >= 4 is 0 Å². The number of nitrogens with zero attached hydrogens (tertiary/aromatic N) is 1. The third-order valence-electron chi connectivity index (χ3n) is 6.46. The Balaban J connectivity index is 1.50. The lowest BCUT2D eigenvalue weighted by Gasteiger charge is -2.51. The standard InChI is InChI=1S/C22H29NO2/c1-24-21-8-4-7-18(16-21)22-11-3-2-6-19(22)17-23(14-12-22)13-10-20-9-5-15-25-20/h4-5,7-9,15-16,19H,2-3,6,10-14,17H2,1H3/t19-,22+/m1/s1. The summed E-state index contributed by atoms with van der Waals surface area (Å²) in [6.07, 6.45) is 9.49. The first-order chi connectivity index (χ1) is 12.3. The second kappa shape index (κ2) is 7.25. The lowest BCUT2D eigenvalue weighted by molar-refractivity contribution is 0.0561. The summed E-state index contributed by atoms with van der Waals surface area (Å²) in [5.74, 6) is 2.86. The first-order valence-corrected chi connectivity index (χ1v) is 9.69. The molecule has 0 amide bonds. The van der Waals surface area contributed by atoms with Crippen molar-refractivity contribution < 1.29 is 9.15 Å². The summed E-state index contributed by atoms with van der Waals surface area (Å²) in [5, 5.41) is 0. The average molecular weight is 339 g/mol. The molecule has 1 aliphatic carbocycles. The predicted octanol–water partition coefficient (Wildman–Crippen LogP) is 4.66. The minimum Gasteiger partial charge on any atom is -0.497 e. The van der Waals surface area contributed by atoms with E-state index in [1.807, 2.05) is 6.07 Å². The van der Waals surface area contributed by atoms with E-state index in [1.165, 1.54) is 50.8 Å². The third kappa shape index (κ3) is 3.35. The van der Waals surface area contributed by atoms with Crippen LogP contribution in [0.5, 0.6) is 5.75 Å². The second-order valence-corrected chi connectivity index (χ2v) is 7.71. The number of piperidine rings is 1. The molecule has 2 aliphatic rings. The maximum absolute atomic E-state index is 5.51. The number of ether oxygens (including phenoxy) is 1. The van der Waals surface area contributed by atoms with Gasteiger partial charge in [0.15, 0.2) is 0 Å². The smallest absolute Gasteiger partial charge is 0.119 e. The van der Waals surface area contributed by atoms with Crippen LogP contribution in [0.3, 0.4) is 0 Å². The Morgan fingerprint density at radius 1 is 1.20 bits per heavy atom. The predicted molar refractivity (Wildman–Crippen MR) is 100 cm³/mol. The van der Waals surface area contributed by atoms with Gasteiger partial charge in [0.05, 0.1) is 13.4 Å². The van der Waals surface area contributed by atoms with Crippen LogP contribution in [0, 0.1) is 5.92 Å². The summed E-state index contributed by atoms with van der Waals surface area (Å²) in [7, 11) is 1.77. The van der Waals surface area contributed by atoms with Crippen LogP contribution in [0.2, 0.25) is 0 Å². The maximum Gasteiger partial charge on any atom is 0.119 e. The number of benzene rings is 1. The molecule has 0 unspecified atom stereocenters. The summed E-state index contributed by atoms with van der Waals surface area (Å²) in [4.78, 5) is 2.65. The van der Waals surface area contributed by atoms with Gasteiger partial charge < -0.3 is 14.1 Å². The fourth-order valence-electron chi connectivity index (χ4n) is 5.05. The molecule has 2 aromatic rings. The second-order valence-electron chi connectivity index (χ2n) is 7.71. The van der Waals surface area contributed by atoms with E-state index in [1.54, 1.807) is 13.4 Å². The molecule has 134 valence electrons. The molecule has 0 bridgehead atoms. The third-order valence-corrected chi connectivity index (χ3v) is 6.46. The van der Waals surface area contributed by atoms with Gasteiger partial charge in [-0.1, -0.05) is 25.0 Å². The normalized spacial score (nSPS) is 27.0. The van der Waals surface area contributed by atoms with Crippen molar-refractivity contribution in [1.82, 2.24) is 4.90 Å². The highest BCUT2D eigenvalue weighted by Gasteiger charge is 2.45. The largest absolute Gasteiger partial charge is 0.497 e. The number of methoxy groups -OCH3 is 1. The molecule has 4 rings (SSSR count). The van der Waals surface area contributed by atoms with Crippen molar-refractivity contribution in [2.75, 3.05) is 26.7 Å². The van der Waals surface area contributed by atoms with Crippen molar-refractivity contribution in [3.05, 3.63) is 54.0 Å². The fraction of sp³-hybridized carbons (Fsp3) is 0.545. The number of likely N-dealkylation sites (tertiary alicyclic amines) is 1. The van der Waals surface area contributed by atoms with Crippen LogP contribution >= 0.6 is 0 Å². The number of hydrogen-bond donors (Lipinski definition) is 0. The monoisotopic (exact) mass is 339 g/mol. The highest BCUT2D eigenvalue weighted by atomic mass is 16.5. The summed E-state index contributed by atoms with van der Waals surface area (Å²) in [5.41, 5.74) is 1.86. The molecule has 0 spiro atoms. The Bertz CT molecular complexity index is 681. The molecule has 25 heavy (non-hydrogen) atoms. The van der Waals surface area contributed by atoms with Gasteiger partial charge in [-0.2, -0.15) is 0 Å². The van der Waals surface area contributed by atoms with Crippen LogP contribution in [-0.2, 0) is 11.8 Å². The van der Waals surface area contributed by atoms with E-state index < -0.39 is 0 Å². The lowest BCUT2D eigenvalue weighted by atomic mass is 9.59. The van der Waals surface area contributed by atoms with E-state index in [-0.39, 0.29) is 0 Å². The van der Waals surface area contributed by atoms with Crippen LogP contribution < -0.4 is 4.74 Å². The topological polar surface area (TPSA) is 25.6 Å². The molecule has 3 nitrogen and oxygen atoms in total. The van der Waals surface area contributed by atoms with Gasteiger partial charge in [-0.05, 0) is 61.6 Å². The Labute approximate surface area is 151 Å². The van der Waals surface area contributed by atoms with Gasteiger partial charge >= 0.3 is 0 Å². The molecule has 2 atom stereocenters. The Kier molecular flexibility index (Phi) is 4.85. The van der Waals surface area contributed by atoms with Gasteiger partial charge in [0.1, 0.15) is 11.5 Å². The highest BCUT2D eigenvalue weighted by Crippen LogP contribution is 2.49. The van der Waals surface area contributed by atoms with Gasteiger partial charge in [-0.25, -0.2) is 0 Å². The SMILES string of the molecule is COc1cccc([C@@]23CCCC[C@@H]2CN(CCc2ccco2)CC3)c1. The van der Waals surface area contributed by atoms with E-state index in [0.717, 1.165) is 30.4 Å². The summed E-state index contributed by atoms with van der Waals surface area (Å²) < 4.78 is 11.0. The highest BCUT2D eigenvalue weighted by molar-refractivity contribution is 5.35. The van der Waals surface area contributed by atoms with Gasteiger partial charge in [0, 0.05) is 24.9 Å². The molecule has 1 aromatic heterocycles. The molecular weight excluding hydrogens is 310 g/mol. The van der Waals surface area contributed by atoms with Crippen LogP contribution in [0.15, 0.2) is 47.1 Å². The van der Waals surface area contributed by atoms with Crippen LogP contribution in [-0.4, -0.2) is 31.6 Å². The number of fused-ring (bicyclic) bond motifs is 1. The van der Waals surface area contributed by atoms with Gasteiger partial charge in [0.2, 0.25) is 0 Å². The molecule has 1 saturated carbocycles. The van der Waals surface area contributed by atoms with Crippen LogP contribution in [0.1, 0.15) is 43.4 Å². The van der Waals surface area contributed by atoms with E-state index >= 15 is 0 Å². The first kappa shape index (κ1) is 16.7. The number of hydrogen-bond acceptors (Lipinski definition) is 3. The Hall–Kier alpha value is -1.74. The zero-order chi connectivity index (χ0) is 17.1. The maximum atomic E-state index is 5.51. The molecule has 0 radical (unpaired) electrons. The summed E-state index contributed by atoms with van der Waals surface area (Å²) in [6, 6.07) is 12.9. The molecular formula is C22H29NO2. The van der Waals surface area contributed by atoms with Crippen LogP contribution in [0.4, 0.5) is 0 Å². The molecule has 2 heterocycles. The zero-order valence-corrected chi connectivity index (χ0v) is 15.2. The average Bonchev–Trinajstić information content (AvgIpc) is 3.20. The van der Waals surface area contributed by atoms with Crippen molar-refractivity contribution in [1.29, 1.82) is 0 Å². The van der Waals surface area contributed by atoms with Crippen molar-refractivity contribution in [2.45, 2.75) is 43.9 Å². The minimum absolute atomic E-state index is 0.355. The Morgan fingerprint density at radius 3 is 3.00 bits per heavy atom. The minimum atomic E-state index is 0.355. The lowest BCUT2D eigenvalue weighted by Crippen LogP contribution is -2.51. The zero-order valence-electron chi connectivity index (χ0n) is 15.2. The molecule has 3 heteroatoms. The van der Waals surface area contributed by atoms with E-state index in [0.29, 0.717) is 5.41 Å². The summed E-state index contributed by atoms with van der Waals surface area (Å²) >= 11 is 0. The molecule has 0 N–H and O–H groups in total. The van der Waals surface area contributed by atoms with E-state index in [2.05, 4.69) is 35.2 Å². The van der Waals surface area contributed by atoms with Crippen LogP contribution in [0.25, 0.3) is 0 Å². The number of furan rings is 1. The van der Waals surface area contributed by atoms with Gasteiger partial charge in [-0.15, -0.1) is 0 Å². The van der Waals surface area contributed by atoms with Gasteiger partial charge in [-0.3, -0.25) is 0 Å². The Morgan fingerprint density at radius 2 is 2.16 bits per heavy atom. The van der Waals surface area contributed by atoms with Crippen molar-refractivity contribution in [2.24, 2.45) is 5.92 Å². The quantitative estimate of drug-likeness (QED) is 0.792. The van der Waals surface area contributed by atoms with Crippen molar-refractivity contribution in [3.8, 4) is 5.75 Å². The van der Waals surface area contributed by atoms with E-state index in [9.17, 15) is 0 Å². The van der Waals surface area contributed by atoms with E-state index in [4.69, 9.17) is 9.15 Å². The van der Waals surface area contributed by atoms with Crippen molar-refractivity contribution in [3.63, 3.8) is 0 Å². The van der Waals surface area contributed by atoms with Gasteiger partial charge in [0.25, 0.3) is 0 Å². The molecule has 1 aromatic carbocycles. The molecule has 1 saturated heterocycles. The summed E-state index contributed by atoms with van der Waals surface area (Å²) in [6.45, 7) is 3.52. The first-order valence-electron chi connectivity index (χ1n) is 9.69. The molecule has 2 fully saturated rings. The fourth-order valence-corrected chi connectivity index (χ4v) is 5.05.